The maximum absolute atomic E-state index is 13.5. The third-order valence-electron chi connectivity index (χ3n) is 10.3. The van der Waals surface area contributed by atoms with Crippen molar-refractivity contribution in [3.05, 3.63) is 105 Å². The molecule has 77 heavy (non-hydrogen) atoms. The summed E-state index contributed by atoms with van der Waals surface area (Å²) in [4.78, 5) is 74.8. The van der Waals surface area contributed by atoms with Crippen molar-refractivity contribution in [2.75, 3.05) is 33.2 Å². The van der Waals surface area contributed by atoms with E-state index in [1.54, 1.807) is 102 Å². The van der Waals surface area contributed by atoms with Crippen molar-refractivity contribution in [2.24, 2.45) is 17.6 Å². The molecule has 2 heterocycles. The Labute approximate surface area is 456 Å². The van der Waals surface area contributed by atoms with Gasteiger partial charge < -0.3 is 36.9 Å². The van der Waals surface area contributed by atoms with Gasteiger partial charge in [-0.25, -0.2) is 14.8 Å². The lowest BCUT2D eigenvalue weighted by Gasteiger charge is -2.22. The number of hydrogen-bond acceptors (Lipinski definition) is 15. The average molecular weight is 1100 g/mol. The van der Waals surface area contributed by atoms with Crippen LogP contribution in [0.4, 0.5) is 27.8 Å². The topological polar surface area (TPSA) is 298 Å². The van der Waals surface area contributed by atoms with Crippen LogP contribution in [0.25, 0.3) is 22.5 Å². The van der Waals surface area contributed by atoms with Crippen molar-refractivity contribution < 1.29 is 32.3 Å². The molecule has 0 bridgehead atoms. The van der Waals surface area contributed by atoms with E-state index in [1.165, 1.54) is 21.5 Å². The van der Waals surface area contributed by atoms with Crippen LogP contribution in [0.3, 0.4) is 0 Å². The van der Waals surface area contributed by atoms with Gasteiger partial charge in [-0.2, -0.15) is 0 Å². The summed E-state index contributed by atoms with van der Waals surface area (Å²) < 4.78 is 39.5. The number of rotatable bonds is 20. The largest absolute Gasteiger partial charge is 0.459 e. The number of esters is 1. The van der Waals surface area contributed by atoms with Gasteiger partial charge in [0.25, 0.3) is 11.1 Å². The molecule has 2 unspecified atom stereocenters. The molecule has 0 saturated heterocycles. The van der Waals surface area contributed by atoms with E-state index in [4.69, 9.17) is 26.4 Å². The predicted molar refractivity (Wildman–Crippen MR) is 307 cm³/mol. The molecule has 0 radical (unpaired) electrons. The summed E-state index contributed by atoms with van der Waals surface area (Å²) in [5.41, 5.74) is 13.0. The third kappa shape index (κ3) is 20.0. The van der Waals surface area contributed by atoms with Gasteiger partial charge in [0, 0.05) is 68.0 Å². The second kappa shape index (κ2) is 27.2. The molecule has 5 aromatic rings. The zero-order chi connectivity index (χ0) is 57.7. The Morgan fingerprint density at radius 2 is 1.14 bits per heavy atom. The van der Waals surface area contributed by atoms with Gasteiger partial charge in [0.15, 0.2) is 11.6 Å². The minimum atomic E-state index is -1.39. The van der Waals surface area contributed by atoms with Crippen LogP contribution in [0.1, 0.15) is 108 Å². The fourth-order valence-electron chi connectivity index (χ4n) is 7.27. The number of aromatic nitrogens is 4. The number of benzene rings is 3. The molecular formula is C55H77N11O9S2. The van der Waals surface area contributed by atoms with Crippen LogP contribution in [0.15, 0.2) is 92.4 Å². The van der Waals surface area contributed by atoms with E-state index in [2.05, 4.69) is 31.2 Å². The van der Waals surface area contributed by atoms with E-state index in [0.717, 1.165) is 5.56 Å². The first kappa shape index (κ1) is 62.3. The fourth-order valence-corrected chi connectivity index (χ4v) is 9.91. The SMILES string of the molecule is CC(C)CS(=O)c1cc(N)cc(-c2cnc(NC(C)C)c(=O)n2CC(=O)NCc2ccc(C(=N)N)cc2)c1.CC(C)CS(=O)c1cc(NC(=O)OC(C)(C)C)cc(-c2cnc(NC(C)C)c(=O)n2CC(=O)OC(C)(C)C)c1. The lowest BCUT2D eigenvalue weighted by atomic mass is 10.1. The molecule has 0 aliphatic heterocycles. The summed E-state index contributed by atoms with van der Waals surface area (Å²) in [6, 6.07) is 16.8. The molecule has 2 amide bonds. The molecule has 0 fully saturated rings. The van der Waals surface area contributed by atoms with Gasteiger partial charge in [0.1, 0.15) is 30.1 Å². The summed E-state index contributed by atoms with van der Waals surface area (Å²) in [6.45, 7) is 25.5. The van der Waals surface area contributed by atoms with Crippen molar-refractivity contribution in [3.8, 4) is 22.5 Å². The Hall–Kier alpha value is -7.20. The average Bonchev–Trinajstić information content (AvgIpc) is 3.29. The van der Waals surface area contributed by atoms with Gasteiger partial charge in [0.05, 0.1) is 45.4 Å². The molecule has 5 rings (SSSR count). The van der Waals surface area contributed by atoms with Crippen LogP contribution < -0.4 is 43.9 Å². The second-order valence-corrected chi connectivity index (χ2v) is 24.8. The molecule has 418 valence electrons. The molecule has 20 nitrogen and oxygen atoms in total. The van der Waals surface area contributed by atoms with Gasteiger partial charge >= 0.3 is 12.1 Å². The number of nitrogens with zero attached hydrogens (tertiary/aromatic N) is 4. The van der Waals surface area contributed by atoms with Crippen molar-refractivity contribution >= 4 is 68.4 Å². The number of hydrogen-bond donors (Lipinski definition) is 7. The zero-order valence-electron chi connectivity index (χ0n) is 46.7. The molecule has 0 aliphatic carbocycles. The first-order chi connectivity index (χ1) is 35.8. The van der Waals surface area contributed by atoms with Crippen molar-refractivity contribution in [1.29, 1.82) is 5.41 Å². The van der Waals surface area contributed by atoms with Crippen LogP contribution >= 0.6 is 0 Å². The van der Waals surface area contributed by atoms with Crippen molar-refractivity contribution in [1.82, 2.24) is 24.4 Å². The highest BCUT2D eigenvalue weighted by Crippen LogP contribution is 2.29. The standard InChI is InChI=1S/C28H42N4O6S.C27H35N7O3S/c1-17(2)16-39(36)21-12-19(11-20(13-21)31-26(35)38-28(8,9)10)22-14-29-24(30-18(3)4)25(34)32(22)15-23(33)37-27(5,6)7;1-16(2)15-38(37)22-10-20(9-21(28)11-22)23-13-32-26(33-17(3)4)27(36)34(23)14-24(35)31-12-18-5-7-19(8-6-18)25(29)30/h11-14,17-18H,15-16H2,1-10H3,(H,29,30)(H,31,35);5-11,13,16-17H,12,14-15,28H2,1-4H3,(H3,29,30)(H,31,35)(H,32,33). The van der Waals surface area contributed by atoms with Gasteiger partial charge in [0.2, 0.25) is 5.91 Å². The van der Waals surface area contributed by atoms with E-state index in [9.17, 15) is 32.4 Å². The molecule has 2 atom stereocenters. The number of carbonyl (C=O) groups excluding carboxylic acids is 3. The monoisotopic (exact) mass is 1100 g/mol. The van der Waals surface area contributed by atoms with E-state index >= 15 is 0 Å². The van der Waals surface area contributed by atoms with Crippen LogP contribution in [-0.4, -0.2) is 86.1 Å². The predicted octanol–water partition coefficient (Wildman–Crippen LogP) is 7.86. The van der Waals surface area contributed by atoms with Crippen LogP contribution in [0.5, 0.6) is 0 Å². The quantitative estimate of drug-likeness (QED) is 0.0169. The Balaban J connectivity index is 0.000000333. The minimum Gasteiger partial charge on any atom is -0.459 e. The summed E-state index contributed by atoms with van der Waals surface area (Å²) in [6.07, 6.45) is 2.31. The van der Waals surface area contributed by atoms with Gasteiger partial charge in [-0.1, -0.05) is 52.0 Å². The van der Waals surface area contributed by atoms with E-state index < -0.39 is 56.0 Å². The first-order valence-electron chi connectivity index (χ1n) is 25.3. The van der Waals surface area contributed by atoms with Gasteiger partial charge in [-0.15, -0.1) is 0 Å². The maximum Gasteiger partial charge on any atom is 0.412 e. The summed E-state index contributed by atoms with van der Waals surface area (Å²) in [5, 5.41) is 19.0. The van der Waals surface area contributed by atoms with E-state index in [1.807, 2.05) is 55.4 Å². The molecule has 3 aromatic carbocycles. The molecule has 22 heteroatoms. The number of amides is 2. The highest BCUT2D eigenvalue weighted by Gasteiger charge is 2.24. The lowest BCUT2D eigenvalue weighted by molar-refractivity contribution is -0.155. The number of nitrogens with two attached hydrogens (primary N) is 2. The van der Waals surface area contributed by atoms with E-state index in [0.29, 0.717) is 60.7 Å². The molecular weight excluding hydrogens is 1020 g/mol. The second-order valence-electron chi connectivity index (χ2n) is 21.8. The van der Waals surface area contributed by atoms with Crippen molar-refractivity contribution in [3.63, 3.8) is 0 Å². The summed E-state index contributed by atoms with van der Waals surface area (Å²) in [7, 11) is -2.67. The van der Waals surface area contributed by atoms with Crippen LogP contribution in [-0.2, 0) is 60.3 Å². The fraction of sp³-hybridized carbons (Fsp3) is 0.455. The molecule has 0 aliphatic rings. The highest BCUT2D eigenvalue weighted by molar-refractivity contribution is 7.85. The lowest BCUT2D eigenvalue weighted by Crippen LogP contribution is -2.35. The number of amidine groups is 1. The van der Waals surface area contributed by atoms with Crippen molar-refractivity contribution in [2.45, 2.75) is 150 Å². The van der Waals surface area contributed by atoms with Crippen LogP contribution in [0.2, 0.25) is 0 Å². The molecule has 0 saturated carbocycles. The van der Waals surface area contributed by atoms with Gasteiger partial charge in [-0.05, 0) is 123 Å². The number of carbonyl (C=O) groups is 3. The summed E-state index contributed by atoms with van der Waals surface area (Å²) in [5.74, 6) is 0.463. The third-order valence-corrected chi connectivity index (χ3v) is 13.8. The highest BCUT2D eigenvalue weighted by atomic mass is 32.2. The minimum absolute atomic E-state index is 0.0336. The Bertz CT molecular complexity index is 3080. The Kier molecular flexibility index (Phi) is 22.0. The molecule has 9 N–H and O–H groups in total. The number of ether oxygens (including phenoxy) is 2. The zero-order valence-corrected chi connectivity index (χ0v) is 48.3. The van der Waals surface area contributed by atoms with Gasteiger partial charge in [-0.3, -0.25) is 47.5 Å². The first-order valence-corrected chi connectivity index (χ1v) is 27.9. The van der Waals surface area contributed by atoms with E-state index in [-0.39, 0.29) is 66.9 Å². The van der Waals surface area contributed by atoms with Crippen LogP contribution in [0, 0.1) is 17.2 Å². The molecule has 2 aromatic heterocycles. The summed E-state index contributed by atoms with van der Waals surface area (Å²) >= 11 is 0. The number of nitrogens with one attached hydrogen (secondary N) is 5. The Morgan fingerprint density at radius 3 is 1.60 bits per heavy atom. The number of anilines is 4. The Morgan fingerprint density at radius 1 is 0.675 bits per heavy atom. The normalized spacial score (nSPS) is 12.4. The molecule has 0 spiro atoms. The number of nitrogen functional groups attached to an aromatic ring is 2. The maximum atomic E-state index is 13.5. The smallest absolute Gasteiger partial charge is 0.412 e.